The second kappa shape index (κ2) is 7.68. The average molecular weight is 308 g/mol. The number of hydrogen-bond donors (Lipinski definition) is 0. The van der Waals surface area contributed by atoms with E-state index in [-0.39, 0.29) is 12.1 Å². The zero-order valence-electron chi connectivity index (χ0n) is 14.2. The van der Waals surface area contributed by atoms with Crippen LogP contribution in [-0.2, 0) is 9.47 Å². The van der Waals surface area contributed by atoms with Gasteiger partial charge in [0, 0.05) is 39.4 Å². The molecular weight excluding hydrogens is 280 g/mol. The van der Waals surface area contributed by atoms with Crippen molar-refractivity contribution < 1.29 is 14.3 Å². The van der Waals surface area contributed by atoms with E-state index in [2.05, 4.69) is 12.2 Å². The van der Waals surface area contributed by atoms with Crippen LogP contribution in [0.4, 0.5) is 4.79 Å². The first-order valence-electron chi connectivity index (χ1n) is 8.02. The van der Waals surface area contributed by atoms with E-state index < -0.39 is 0 Å². The summed E-state index contributed by atoms with van der Waals surface area (Å²) in [4.78, 5) is 16.3. The minimum absolute atomic E-state index is 0.0707. The number of carbonyl (C=O) groups is 1. The van der Waals surface area contributed by atoms with Crippen LogP contribution in [0.1, 0.15) is 38.5 Å². The van der Waals surface area contributed by atoms with Gasteiger partial charge in [-0.05, 0) is 38.2 Å². The molecule has 0 aliphatic heterocycles. The summed E-state index contributed by atoms with van der Waals surface area (Å²) >= 11 is 0. The van der Waals surface area contributed by atoms with Crippen LogP contribution in [0.25, 0.3) is 0 Å². The summed E-state index contributed by atoms with van der Waals surface area (Å²) in [5.41, 5.74) is 1.11. The number of rotatable bonds is 4. The average Bonchev–Trinajstić information content (AvgIpc) is 2.60. The molecule has 0 aromatic heterocycles. The van der Waals surface area contributed by atoms with Gasteiger partial charge in [-0.1, -0.05) is 6.08 Å². The van der Waals surface area contributed by atoms with Crippen molar-refractivity contribution >= 4 is 6.03 Å². The van der Waals surface area contributed by atoms with Gasteiger partial charge in [-0.25, -0.2) is 4.79 Å². The summed E-state index contributed by atoms with van der Waals surface area (Å²) in [5.74, 6) is 1.03. The second-order valence-corrected chi connectivity index (χ2v) is 6.08. The summed E-state index contributed by atoms with van der Waals surface area (Å²) < 4.78 is 10.6. The first-order chi connectivity index (χ1) is 10.6. The molecule has 2 unspecified atom stereocenters. The lowest BCUT2D eigenvalue weighted by Crippen LogP contribution is -2.45. The number of hydrogen-bond acceptors (Lipinski definition) is 3. The fraction of sp³-hybridized carbons (Fsp3) is 0.706. The van der Waals surface area contributed by atoms with Gasteiger partial charge < -0.3 is 19.3 Å². The lowest BCUT2D eigenvalue weighted by molar-refractivity contribution is 0.0899. The highest BCUT2D eigenvalue weighted by Gasteiger charge is 2.27. The maximum atomic E-state index is 12.7. The Balaban J connectivity index is 1.93. The van der Waals surface area contributed by atoms with E-state index in [1.165, 1.54) is 0 Å². The third kappa shape index (κ3) is 3.83. The lowest BCUT2D eigenvalue weighted by atomic mass is 9.99. The molecule has 2 aliphatic carbocycles. The van der Waals surface area contributed by atoms with Crippen molar-refractivity contribution in [2.24, 2.45) is 0 Å². The smallest absolute Gasteiger partial charge is 0.323 e. The van der Waals surface area contributed by atoms with Crippen molar-refractivity contribution in [2.45, 2.75) is 50.7 Å². The summed E-state index contributed by atoms with van der Waals surface area (Å²) in [6.07, 6.45) is 10.0. The maximum absolute atomic E-state index is 12.7. The Morgan fingerprint density at radius 3 is 2.41 bits per heavy atom. The molecule has 0 fully saturated rings. The van der Waals surface area contributed by atoms with Gasteiger partial charge in [-0.2, -0.15) is 0 Å². The Morgan fingerprint density at radius 2 is 1.91 bits per heavy atom. The monoisotopic (exact) mass is 308 g/mol. The molecule has 0 radical (unpaired) electrons. The van der Waals surface area contributed by atoms with Gasteiger partial charge >= 0.3 is 6.03 Å². The van der Waals surface area contributed by atoms with Crippen LogP contribution in [0.15, 0.2) is 23.6 Å². The van der Waals surface area contributed by atoms with Crippen LogP contribution in [0.5, 0.6) is 0 Å². The minimum atomic E-state index is 0.0707. The summed E-state index contributed by atoms with van der Waals surface area (Å²) in [7, 11) is 7.22. The van der Waals surface area contributed by atoms with Gasteiger partial charge in [0.2, 0.25) is 0 Å². The fourth-order valence-electron chi connectivity index (χ4n) is 3.16. The minimum Gasteiger partial charge on any atom is -0.501 e. The number of carbonyl (C=O) groups excluding carboxylic acids is 1. The second-order valence-electron chi connectivity index (χ2n) is 6.08. The molecule has 0 aromatic carbocycles. The molecule has 0 saturated heterocycles. The van der Waals surface area contributed by atoms with E-state index in [0.717, 1.165) is 50.0 Å². The van der Waals surface area contributed by atoms with Crippen LogP contribution < -0.4 is 0 Å². The summed E-state index contributed by atoms with van der Waals surface area (Å²) in [5, 5.41) is 0. The van der Waals surface area contributed by atoms with Crippen molar-refractivity contribution in [1.82, 2.24) is 9.80 Å². The van der Waals surface area contributed by atoms with Crippen LogP contribution in [0.2, 0.25) is 0 Å². The van der Waals surface area contributed by atoms with E-state index in [1.807, 2.05) is 19.0 Å². The molecule has 2 aliphatic rings. The lowest BCUT2D eigenvalue weighted by Gasteiger charge is -2.35. The van der Waals surface area contributed by atoms with Gasteiger partial charge in [0.25, 0.3) is 0 Å². The highest BCUT2D eigenvalue weighted by atomic mass is 16.5. The third-order valence-corrected chi connectivity index (χ3v) is 4.84. The Hall–Kier alpha value is -1.49. The molecule has 2 rings (SSSR count). The number of allylic oxidation sites excluding steroid dienone is 2. The SMILES string of the molecule is COC1=CCC(N(C)C(=O)N(C)C2=CCC(OC)CC2)CC1. The quantitative estimate of drug-likeness (QED) is 0.801. The normalized spacial score (nSPS) is 25.1. The van der Waals surface area contributed by atoms with Gasteiger partial charge in [0.15, 0.2) is 0 Å². The molecule has 0 spiro atoms. The number of amides is 2. The predicted molar refractivity (Wildman–Crippen MR) is 86.4 cm³/mol. The van der Waals surface area contributed by atoms with Crippen LogP contribution >= 0.6 is 0 Å². The van der Waals surface area contributed by atoms with E-state index >= 15 is 0 Å². The van der Waals surface area contributed by atoms with E-state index in [9.17, 15) is 4.79 Å². The predicted octanol–water partition coefficient (Wildman–Crippen LogP) is 3.14. The topological polar surface area (TPSA) is 42.0 Å². The van der Waals surface area contributed by atoms with Gasteiger partial charge in [0.05, 0.1) is 19.0 Å². The fourth-order valence-corrected chi connectivity index (χ4v) is 3.16. The first kappa shape index (κ1) is 16.9. The molecular formula is C17H28N2O3. The molecule has 0 N–H and O–H groups in total. The van der Waals surface area contributed by atoms with Crippen molar-refractivity contribution in [3.63, 3.8) is 0 Å². The molecule has 5 heteroatoms. The highest BCUT2D eigenvalue weighted by Crippen LogP contribution is 2.26. The molecule has 124 valence electrons. The molecule has 2 amide bonds. The van der Waals surface area contributed by atoms with Crippen LogP contribution in [0, 0.1) is 0 Å². The van der Waals surface area contributed by atoms with Crippen LogP contribution in [0.3, 0.4) is 0 Å². The Kier molecular flexibility index (Phi) is 5.89. The molecule has 0 bridgehead atoms. The van der Waals surface area contributed by atoms with Crippen molar-refractivity contribution in [3.05, 3.63) is 23.6 Å². The van der Waals surface area contributed by atoms with E-state index in [1.54, 1.807) is 19.1 Å². The van der Waals surface area contributed by atoms with Gasteiger partial charge in [0.1, 0.15) is 0 Å². The van der Waals surface area contributed by atoms with Crippen molar-refractivity contribution in [1.29, 1.82) is 0 Å². The third-order valence-electron chi connectivity index (χ3n) is 4.84. The zero-order chi connectivity index (χ0) is 16.1. The number of urea groups is 1. The summed E-state index contributed by atoms with van der Waals surface area (Å²) in [6.45, 7) is 0. The molecule has 22 heavy (non-hydrogen) atoms. The van der Waals surface area contributed by atoms with Gasteiger partial charge in [-0.15, -0.1) is 0 Å². The first-order valence-corrected chi connectivity index (χ1v) is 8.02. The molecule has 5 nitrogen and oxygen atoms in total. The molecule has 2 atom stereocenters. The van der Waals surface area contributed by atoms with Crippen molar-refractivity contribution in [2.75, 3.05) is 28.3 Å². The summed E-state index contributed by atoms with van der Waals surface area (Å²) in [6, 6.07) is 0.325. The number of nitrogens with zero attached hydrogens (tertiary/aromatic N) is 2. The molecule has 0 aromatic rings. The Bertz CT molecular complexity index is 459. The zero-order valence-corrected chi connectivity index (χ0v) is 14.2. The van der Waals surface area contributed by atoms with Gasteiger partial charge in [-0.3, -0.25) is 0 Å². The van der Waals surface area contributed by atoms with E-state index in [4.69, 9.17) is 9.47 Å². The van der Waals surface area contributed by atoms with Crippen molar-refractivity contribution in [3.8, 4) is 0 Å². The van der Waals surface area contributed by atoms with Crippen LogP contribution in [-0.4, -0.2) is 56.3 Å². The largest absolute Gasteiger partial charge is 0.501 e. The number of methoxy groups -OCH3 is 2. The maximum Gasteiger partial charge on any atom is 0.323 e. The molecule has 0 heterocycles. The number of ether oxygens (including phenoxy) is 2. The Labute approximate surface area is 133 Å². The molecule has 0 saturated carbocycles. The Morgan fingerprint density at radius 1 is 1.14 bits per heavy atom. The highest BCUT2D eigenvalue weighted by molar-refractivity contribution is 5.76. The van der Waals surface area contributed by atoms with E-state index in [0.29, 0.717) is 6.10 Å². The standard InChI is InChI=1S/C17H28N2O3/c1-18(13-5-9-15(21-3)10-6-13)17(20)19(2)14-7-11-16(22-4)12-8-14/h5,11,14-15H,6-10,12H2,1-4H3.